The highest BCUT2D eigenvalue weighted by Crippen LogP contribution is 2.24. The molecule has 130 valence electrons. The van der Waals surface area contributed by atoms with Gasteiger partial charge in [-0.25, -0.2) is 4.39 Å². The third-order valence-corrected chi connectivity index (χ3v) is 4.66. The van der Waals surface area contributed by atoms with E-state index in [0.29, 0.717) is 16.8 Å². The lowest BCUT2D eigenvalue weighted by Gasteiger charge is -2.36. The maximum atomic E-state index is 14.3. The summed E-state index contributed by atoms with van der Waals surface area (Å²) in [5, 5.41) is 18.4. The number of rotatable bonds is 4. The lowest BCUT2D eigenvalue weighted by atomic mass is 10.1. The van der Waals surface area contributed by atoms with Crippen LogP contribution in [0.15, 0.2) is 42.5 Å². The van der Waals surface area contributed by atoms with E-state index in [1.807, 2.05) is 24.3 Å². The molecule has 2 aromatic rings. The molecule has 1 aliphatic rings. The highest BCUT2D eigenvalue weighted by molar-refractivity contribution is 5.50. The van der Waals surface area contributed by atoms with Crippen LogP contribution in [0.2, 0.25) is 0 Å². The monoisotopic (exact) mass is 339 g/mol. The highest BCUT2D eigenvalue weighted by Gasteiger charge is 2.20. The van der Waals surface area contributed by atoms with Gasteiger partial charge in [0.1, 0.15) is 5.82 Å². The van der Waals surface area contributed by atoms with Crippen molar-refractivity contribution in [3.8, 4) is 6.07 Å². The maximum absolute atomic E-state index is 14.3. The van der Waals surface area contributed by atoms with Crippen molar-refractivity contribution >= 4 is 5.69 Å². The lowest BCUT2D eigenvalue weighted by Crippen LogP contribution is -2.46. The predicted molar refractivity (Wildman–Crippen MR) is 95.7 cm³/mol. The van der Waals surface area contributed by atoms with Gasteiger partial charge in [-0.05, 0) is 42.3 Å². The molecule has 1 unspecified atom stereocenters. The van der Waals surface area contributed by atoms with E-state index in [1.54, 1.807) is 19.1 Å². The fraction of sp³-hybridized carbons (Fsp3) is 0.350. The summed E-state index contributed by atoms with van der Waals surface area (Å²) in [7, 11) is 0. The Bertz CT molecular complexity index is 760. The molecule has 0 aromatic heterocycles. The topological polar surface area (TPSA) is 50.5 Å². The molecule has 1 fully saturated rings. The highest BCUT2D eigenvalue weighted by atomic mass is 19.1. The Hall–Kier alpha value is -2.42. The van der Waals surface area contributed by atoms with Crippen molar-refractivity contribution in [2.75, 3.05) is 31.1 Å². The molecule has 3 rings (SSSR count). The first-order valence-corrected chi connectivity index (χ1v) is 8.50. The van der Waals surface area contributed by atoms with Crippen molar-refractivity contribution in [3.05, 3.63) is 65.0 Å². The molecule has 1 atom stereocenters. The van der Waals surface area contributed by atoms with Crippen LogP contribution in [-0.2, 0) is 6.54 Å². The number of benzene rings is 2. The molecule has 25 heavy (non-hydrogen) atoms. The van der Waals surface area contributed by atoms with Gasteiger partial charge in [0.2, 0.25) is 0 Å². The number of halogens is 1. The first kappa shape index (κ1) is 17.4. The summed E-state index contributed by atoms with van der Waals surface area (Å²) in [6.07, 6.45) is -0.659. The molecule has 1 saturated heterocycles. The minimum atomic E-state index is -0.659. The molecular formula is C20H22FN3O. The fourth-order valence-electron chi connectivity index (χ4n) is 3.13. The van der Waals surface area contributed by atoms with Gasteiger partial charge in [0.15, 0.2) is 0 Å². The van der Waals surface area contributed by atoms with Crippen molar-refractivity contribution < 1.29 is 9.50 Å². The summed E-state index contributed by atoms with van der Waals surface area (Å²) in [6.45, 7) is 5.72. The summed E-state index contributed by atoms with van der Waals surface area (Å²) in [4.78, 5) is 4.39. The Morgan fingerprint density at radius 1 is 1.12 bits per heavy atom. The zero-order chi connectivity index (χ0) is 17.8. The Labute approximate surface area is 147 Å². The molecule has 0 amide bonds. The first-order valence-electron chi connectivity index (χ1n) is 8.50. The zero-order valence-electron chi connectivity index (χ0n) is 14.3. The SMILES string of the molecule is CC(O)c1ccc(N2CCN(Cc3ccc(C#N)cc3)CC2)c(F)c1. The number of nitriles is 1. The van der Waals surface area contributed by atoms with Crippen LogP contribution < -0.4 is 4.90 Å². The van der Waals surface area contributed by atoms with Crippen LogP contribution in [-0.4, -0.2) is 36.2 Å². The Kier molecular flexibility index (Phi) is 5.32. The number of anilines is 1. The maximum Gasteiger partial charge on any atom is 0.146 e. The molecule has 5 heteroatoms. The molecule has 0 saturated carbocycles. The second kappa shape index (κ2) is 7.64. The van der Waals surface area contributed by atoms with Gasteiger partial charge < -0.3 is 10.0 Å². The van der Waals surface area contributed by atoms with Gasteiger partial charge in [-0.2, -0.15) is 5.26 Å². The second-order valence-corrected chi connectivity index (χ2v) is 6.46. The summed E-state index contributed by atoms with van der Waals surface area (Å²) >= 11 is 0. The zero-order valence-corrected chi connectivity index (χ0v) is 14.3. The van der Waals surface area contributed by atoms with Gasteiger partial charge in [0, 0.05) is 32.7 Å². The van der Waals surface area contributed by atoms with E-state index in [4.69, 9.17) is 5.26 Å². The van der Waals surface area contributed by atoms with Crippen molar-refractivity contribution in [3.63, 3.8) is 0 Å². The van der Waals surface area contributed by atoms with Crippen LogP contribution in [0.1, 0.15) is 29.7 Å². The fourth-order valence-corrected chi connectivity index (χ4v) is 3.13. The predicted octanol–water partition coefficient (Wildman–Crippen LogP) is 3.07. The van der Waals surface area contributed by atoms with Crippen molar-refractivity contribution in [2.45, 2.75) is 19.6 Å². The lowest BCUT2D eigenvalue weighted by molar-refractivity contribution is 0.199. The average Bonchev–Trinajstić information content (AvgIpc) is 2.63. The first-order chi connectivity index (χ1) is 12.1. The third-order valence-electron chi connectivity index (χ3n) is 4.66. The number of hydrogen-bond acceptors (Lipinski definition) is 4. The molecule has 0 radical (unpaired) electrons. The second-order valence-electron chi connectivity index (χ2n) is 6.46. The van der Waals surface area contributed by atoms with E-state index >= 15 is 0 Å². The van der Waals surface area contributed by atoms with E-state index in [9.17, 15) is 9.50 Å². The Morgan fingerprint density at radius 3 is 2.36 bits per heavy atom. The van der Waals surface area contributed by atoms with Crippen molar-refractivity contribution in [1.82, 2.24) is 4.90 Å². The summed E-state index contributed by atoms with van der Waals surface area (Å²) in [5.41, 5.74) is 3.05. The summed E-state index contributed by atoms with van der Waals surface area (Å²) in [6, 6.07) is 14.7. The van der Waals surface area contributed by atoms with Crippen LogP contribution in [0.25, 0.3) is 0 Å². The third kappa shape index (κ3) is 4.16. The number of nitrogens with zero attached hydrogens (tertiary/aromatic N) is 3. The molecule has 0 aliphatic carbocycles. The van der Waals surface area contributed by atoms with E-state index in [1.165, 1.54) is 11.6 Å². The number of hydrogen-bond donors (Lipinski definition) is 1. The molecule has 4 nitrogen and oxygen atoms in total. The van der Waals surface area contributed by atoms with Crippen LogP contribution in [0.3, 0.4) is 0 Å². The number of piperazine rings is 1. The van der Waals surface area contributed by atoms with Gasteiger partial charge >= 0.3 is 0 Å². The summed E-state index contributed by atoms with van der Waals surface area (Å²) in [5.74, 6) is -0.279. The number of aliphatic hydroxyl groups excluding tert-OH is 1. The minimum absolute atomic E-state index is 0.279. The van der Waals surface area contributed by atoms with Gasteiger partial charge in [0.05, 0.1) is 23.4 Å². The van der Waals surface area contributed by atoms with Gasteiger partial charge in [0.25, 0.3) is 0 Å². The van der Waals surface area contributed by atoms with E-state index in [2.05, 4.69) is 15.9 Å². The quantitative estimate of drug-likeness (QED) is 0.930. The van der Waals surface area contributed by atoms with Crippen LogP contribution in [0.5, 0.6) is 0 Å². The van der Waals surface area contributed by atoms with E-state index in [-0.39, 0.29) is 5.82 Å². The van der Waals surface area contributed by atoms with Crippen molar-refractivity contribution in [2.24, 2.45) is 0 Å². The van der Waals surface area contributed by atoms with Gasteiger partial charge in [-0.3, -0.25) is 4.90 Å². The molecule has 1 N–H and O–H groups in total. The van der Waals surface area contributed by atoms with E-state index in [0.717, 1.165) is 32.7 Å². The standard InChI is InChI=1S/C20H22FN3O/c1-15(25)18-6-7-20(19(21)12-18)24-10-8-23(9-11-24)14-17-4-2-16(13-22)3-5-17/h2-7,12,15,25H,8-11,14H2,1H3. The molecule has 0 spiro atoms. The molecule has 1 aliphatic heterocycles. The normalized spacial score (nSPS) is 16.5. The van der Waals surface area contributed by atoms with Crippen LogP contribution >= 0.6 is 0 Å². The molecule has 0 bridgehead atoms. The average molecular weight is 339 g/mol. The van der Waals surface area contributed by atoms with Crippen molar-refractivity contribution in [1.29, 1.82) is 5.26 Å². The molecular weight excluding hydrogens is 317 g/mol. The van der Waals surface area contributed by atoms with Gasteiger partial charge in [-0.1, -0.05) is 18.2 Å². The minimum Gasteiger partial charge on any atom is -0.389 e. The summed E-state index contributed by atoms with van der Waals surface area (Å²) < 4.78 is 14.3. The Balaban J connectivity index is 1.59. The van der Waals surface area contributed by atoms with E-state index < -0.39 is 6.10 Å². The largest absolute Gasteiger partial charge is 0.389 e. The smallest absolute Gasteiger partial charge is 0.146 e. The molecule has 2 aromatic carbocycles. The molecule has 1 heterocycles. The Morgan fingerprint density at radius 2 is 1.80 bits per heavy atom. The van der Waals surface area contributed by atoms with Gasteiger partial charge in [-0.15, -0.1) is 0 Å². The van der Waals surface area contributed by atoms with Crippen LogP contribution in [0.4, 0.5) is 10.1 Å². The van der Waals surface area contributed by atoms with Crippen LogP contribution in [0, 0.1) is 17.1 Å². The number of aliphatic hydroxyl groups is 1.